The molecule has 0 aliphatic rings. The van der Waals surface area contributed by atoms with Gasteiger partial charge in [0.05, 0.1) is 13.0 Å². The van der Waals surface area contributed by atoms with Crippen molar-refractivity contribution >= 4 is 22.1 Å². The van der Waals surface area contributed by atoms with Crippen molar-refractivity contribution in [2.75, 3.05) is 13.2 Å². The highest BCUT2D eigenvalue weighted by molar-refractivity contribution is 7.87. The molecule has 8 heteroatoms. The average Bonchev–Trinajstić information content (AvgIpc) is 2.72. The van der Waals surface area contributed by atoms with Crippen molar-refractivity contribution in [1.29, 1.82) is 0 Å². The van der Waals surface area contributed by atoms with Gasteiger partial charge < -0.3 is 9.47 Å². The Labute approximate surface area is 188 Å². The Morgan fingerprint density at radius 3 is 1.71 bits per heavy atom. The lowest BCUT2D eigenvalue weighted by Gasteiger charge is -2.12. The van der Waals surface area contributed by atoms with Crippen LogP contribution in [-0.4, -0.2) is 43.4 Å². The van der Waals surface area contributed by atoms with Gasteiger partial charge in [0.15, 0.2) is 5.25 Å². The molecule has 182 valence electrons. The zero-order valence-electron chi connectivity index (χ0n) is 19.2. The Kier molecular flexibility index (Phi) is 18.4. The number of unbranched alkanes of at least 4 members (excludes halogenated alkanes) is 13. The maximum Gasteiger partial charge on any atom is 0.327 e. The van der Waals surface area contributed by atoms with E-state index in [0.717, 1.165) is 19.3 Å². The summed E-state index contributed by atoms with van der Waals surface area (Å²) in [5.41, 5.74) is 0. The van der Waals surface area contributed by atoms with Crippen LogP contribution in [0.1, 0.15) is 103 Å². The third-order valence-electron chi connectivity index (χ3n) is 5.08. The molecule has 0 spiro atoms. The first-order valence-electron chi connectivity index (χ1n) is 11.7. The molecule has 1 unspecified atom stereocenters. The van der Waals surface area contributed by atoms with Gasteiger partial charge in [-0.3, -0.25) is 14.1 Å². The van der Waals surface area contributed by atoms with E-state index in [4.69, 9.17) is 9.29 Å². The second kappa shape index (κ2) is 19.3. The normalized spacial score (nSPS) is 12.3. The number of hydrogen-bond donors (Lipinski definition) is 1. The van der Waals surface area contributed by atoms with Crippen molar-refractivity contribution in [1.82, 2.24) is 0 Å². The summed E-state index contributed by atoms with van der Waals surface area (Å²) in [4.78, 5) is 23.5. The van der Waals surface area contributed by atoms with Crippen molar-refractivity contribution in [3.63, 3.8) is 0 Å². The van der Waals surface area contributed by atoms with Crippen molar-refractivity contribution in [2.24, 2.45) is 0 Å². The first kappa shape index (κ1) is 29.6. The van der Waals surface area contributed by atoms with Crippen LogP contribution in [0, 0.1) is 0 Å². The van der Waals surface area contributed by atoms with E-state index >= 15 is 0 Å². The zero-order valence-corrected chi connectivity index (χ0v) is 20.0. The molecule has 31 heavy (non-hydrogen) atoms. The summed E-state index contributed by atoms with van der Waals surface area (Å²) in [6.45, 7) is 5.53. The fraction of sp³-hybridized carbons (Fsp3) is 0.826. The molecule has 7 nitrogen and oxygen atoms in total. The molecule has 0 aromatic rings. The third-order valence-corrected chi connectivity index (χ3v) is 6.16. The Bertz CT molecular complexity index is 587. The Hall–Kier alpha value is -1.41. The summed E-state index contributed by atoms with van der Waals surface area (Å²) in [5, 5.41) is -1.98. The van der Waals surface area contributed by atoms with Crippen LogP contribution in [0.25, 0.3) is 0 Å². The number of esters is 2. The van der Waals surface area contributed by atoms with E-state index in [-0.39, 0.29) is 13.2 Å². The number of carbonyl (C=O) groups is 2. The summed E-state index contributed by atoms with van der Waals surface area (Å²) < 4.78 is 41.3. The van der Waals surface area contributed by atoms with Crippen molar-refractivity contribution < 1.29 is 32.0 Å². The van der Waals surface area contributed by atoms with Crippen LogP contribution in [0.15, 0.2) is 12.7 Å². The number of hydrogen-bond acceptors (Lipinski definition) is 6. The minimum absolute atomic E-state index is 0.163. The van der Waals surface area contributed by atoms with Crippen molar-refractivity contribution in [3.8, 4) is 0 Å². The fourth-order valence-corrected chi connectivity index (χ4v) is 3.90. The summed E-state index contributed by atoms with van der Waals surface area (Å²) >= 11 is 0. The van der Waals surface area contributed by atoms with Crippen LogP contribution in [0.5, 0.6) is 0 Å². The molecule has 0 aromatic carbocycles. The predicted molar refractivity (Wildman–Crippen MR) is 122 cm³/mol. The van der Waals surface area contributed by atoms with E-state index in [1.165, 1.54) is 70.3 Å². The lowest BCUT2D eigenvalue weighted by atomic mass is 10.0. The highest BCUT2D eigenvalue weighted by atomic mass is 32.2. The van der Waals surface area contributed by atoms with Crippen LogP contribution < -0.4 is 0 Å². The van der Waals surface area contributed by atoms with E-state index in [9.17, 15) is 18.0 Å². The molecule has 0 aliphatic carbocycles. The molecule has 0 saturated heterocycles. The largest absolute Gasteiger partial charge is 0.466 e. The monoisotopic (exact) mass is 462 g/mol. The third kappa shape index (κ3) is 17.9. The number of carbonyl (C=O) groups excluding carboxylic acids is 2. The van der Waals surface area contributed by atoms with Gasteiger partial charge in [0, 0.05) is 0 Å². The predicted octanol–water partition coefficient (Wildman–Crippen LogP) is 5.39. The minimum atomic E-state index is -4.76. The maximum atomic E-state index is 11.8. The summed E-state index contributed by atoms with van der Waals surface area (Å²) in [6, 6.07) is 0. The molecule has 0 aliphatic heterocycles. The Morgan fingerprint density at radius 1 is 0.839 bits per heavy atom. The number of rotatable bonds is 21. The lowest BCUT2D eigenvalue weighted by Crippen LogP contribution is -2.34. The first-order chi connectivity index (χ1) is 14.8. The van der Waals surface area contributed by atoms with Gasteiger partial charge in [-0.1, -0.05) is 103 Å². The molecular formula is C23H42O7S. The molecule has 0 rings (SSSR count). The summed E-state index contributed by atoms with van der Waals surface area (Å²) in [6.07, 6.45) is 17.5. The van der Waals surface area contributed by atoms with Crippen molar-refractivity contribution in [3.05, 3.63) is 12.7 Å². The van der Waals surface area contributed by atoms with Crippen LogP contribution in [0.3, 0.4) is 0 Å². The molecule has 0 fully saturated rings. The van der Waals surface area contributed by atoms with Crippen LogP contribution >= 0.6 is 0 Å². The Morgan fingerprint density at radius 2 is 1.29 bits per heavy atom. The van der Waals surface area contributed by atoms with E-state index in [1.54, 1.807) is 0 Å². The second-order valence-corrected chi connectivity index (χ2v) is 9.54. The van der Waals surface area contributed by atoms with Gasteiger partial charge >= 0.3 is 11.9 Å². The Balaban J connectivity index is 3.70. The molecule has 0 radical (unpaired) electrons. The quantitative estimate of drug-likeness (QED) is 0.105. The molecule has 0 bridgehead atoms. The van der Waals surface area contributed by atoms with E-state index in [0.29, 0.717) is 6.42 Å². The molecule has 0 aromatic heterocycles. The maximum absolute atomic E-state index is 11.8. The van der Waals surface area contributed by atoms with Gasteiger partial charge in [0.2, 0.25) is 0 Å². The van der Waals surface area contributed by atoms with Gasteiger partial charge in [-0.15, -0.1) is 0 Å². The van der Waals surface area contributed by atoms with Gasteiger partial charge in [-0.25, -0.2) is 0 Å². The lowest BCUT2D eigenvalue weighted by molar-refractivity contribution is -0.149. The molecule has 1 atom stereocenters. The average molecular weight is 463 g/mol. The van der Waals surface area contributed by atoms with Crippen LogP contribution in [0.2, 0.25) is 0 Å². The summed E-state index contributed by atoms with van der Waals surface area (Å²) in [5.74, 6) is -2.05. The van der Waals surface area contributed by atoms with Crippen molar-refractivity contribution in [2.45, 2.75) is 108 Å². The molecule has 0 heterocycles. The van der Waals surface area contributed by atoms with E-state index in [1.807, 2.05) is 0 Å². The molecule has 0 saturated carbocycles. The highest BCUT2D eigenvalue weighted by Crippen LogP contribution is 2.13. The van der Waals surface area contributed by atoms with E-state index < -0.39 is 33.7 Å². The van der Waals surface area contributed by atoms with Crippen LogP contribution in [0.4, 0.5) is 0 Å². The molecular weight excluding hydrogens is 420 g/mol. The van der Waals surface area contributed by atoms with Gasteiger partial charge in [0.25, 0.3) is 10.1 Å². The standard InChI is InChI=1S/C23H42O7S/c1-3-5-6-7-8-9-10-11-12-13-14-15-16-17-19-29-22(24)20-21(31(26,27)28)23(25)30-18-4-2/h4,21H,2-3,5-20H2,1H3,(H,26,27,28). The SMILES string of the molecule is C=CCOC(=O)C(CC(=O)OCCCCCCCCCCCCCCCC)S(=O)(=O)O. The van der Waals surface area contributed by atoms with Crippen LogP contribution in [-0.2, 0) is 29.2 Å². The van der Waals surface area contributed by atoms with Gasteiger partial charge in [0.1, 0.15) is 6.61 Å². The molecule has 0 amide bonds. The van der Waals surface area contributed by atoms with Gasteiger partial charge in [-0.05, 0) is 6.42 Å². The zero-order chi connectivity index (χ0) is 23.4. The topological polar surface area (TPSA) is 107 Å². The first-order valence-corrected chi connectivity index (χ1v) is 13.2. The fourth-order valence-electron chi connectivity index (χ4n) is 3.24. The smallest absolute Gasteiger partial charge is 0.327 e. The van der Waals surface area contributed by atoms with E-state index in [2.05, 4.69) is 18.2 Å². The second-order valence-electron chi connectivity index (χ2n) is 7.94. The summed E-state index contributed by atoms with van der Waals surface area (Å²) in [7, 11) is -4.76. The number of ether oxygens (including phenoxy) is 2. The van der Waals surface area contributed by atoms with Gasteiger partial charge in [-0.2, -0.15) is 8.42 Å². The minimum Gasteiger partial charge on any atom is -0.466 e. The molecule has 1 N–H and O–H groups in total. The highest BCUT2D eigenvalue weighted by Gasteiger charge is 2.35.